The third kappa shape index (κ3) is 1.96. The van der Waals surface area contributed by atoms with Crippen molar-refractivity contribution in [3.8, 4) is 5.75 Å². The summed E-state index contributed by atoms with van der Waals surface area (Å²) in [6, 6.07) is 17.6. The number of rotatable bonds is 3. The van der Waals surface area contributed by atoms with Crippen LogP contribution in [-0.4, -0.2) is 24.5 Å². The number of nitrogens with zero attached hydrogens (tertiary/aromatic N) is 1. The van der Waals surface area contributed by atoms with E-state index in [-0.39, 0.29) is 23.7 Å². The predicted octanol–water partition coefficient (Wildman–Crippen LogP) is 3.73. The summed E-state index contributed by atoms with van der Waals surface area (Å²) in [5.41, 5.74) is 0.976. The smallest absolute Gasteiger partial charge is 0.342 e. The molecular weight excluding hydrogens is 326 g/mol. The number of hydrogen-bond acceptors (Lipinski definition) is 4. The predicted molar refractivity (Wildman–Crippen MR) is 98.3 cm³/mol. The van der Waals surface area contributed by atoms with Gasteiger partial charge in [0.1, 0.15) is 5.75 Å². The van der Waals surface area contributed by atoms with E-state index in [4.69, 9.17) is 14.5 Å². The molecule has 0 aromatic heterocycles. The quantitative estimate of drug-likeness (QED) is 0.629. The SMILES string of the molecule is COc1ccccc1[C@@H]1[C@H]2C=C[C@H](C2)[C@]12N=C(c1ccccc1)OC2=O. The zero-order valence-electron chi connectivity index (χ0n) is 14.5. The number of para-hydroxylation sites is 1. The number of hydrogen-bond donors (Lipinski definition) is 0. The van der Waals surface area contributed by atoms with Gasteiger partial charge in [-0.05, 0) is 30.5 Å². The van der Waals surface area contributed by atoms with Crippen LogP contribution in [0.4, 0.5) is 0 Å². The highest BCUT2D eigenvalue weighted by molar-refractivity contribution is 6.09. The molecule has 0 N–H and O–H groups in total. The van der Waals surface area contributed by atoms with Gasteiger partial charge in [0.25, 0.3) is 0 Å². The number of carbonyl (C=O) groups is 1. The van der Waals surface area contributed by atoms with E-state index in [0.29, 0.717) is 5.90 Å². The molecule has 1 heterocycles. The first-order valence-electron chi connectivity index (χ1n) is 8.93. The largest absolute Gasteiger partial charge is 0.496 e. The van der Waals surface area contributed by atoms with Crippen molar-refractivity contribution in [3.05, 3.63) is 77.9 Å². The molecule has 4 nitrogen and oxygen atoms in total. The minimum absolute atomic E-state index is 0.0659. The molecule has 1 fully saturated rings. The maximum absolute atomic E-state index is 13.1. The Bertz CT molecular complexity index is 933. The number of cyclic esters (lactones) is 1. The van der Waals surface area contributed by atoms with E-state index in [9.17, 15) is 4.79 Å². The fourth-order valence-electron chi connectivity index (χ4n) is 4.79. The molecule has 2 aliphatic carbocycles. The van der Waals surface area contributed by atoms with Crippen molar-refractivity contribution in [2.75, 3.05) is 7.11 Å². The van der Waals surface area contributed by atoms with Crippen molar-refractivity contribution in [3.63, 3.8) is 0 Å². The molecule has 0 amide bonds. The summed E-state index contributed by atoms with van der Waals surface area (Å²) in [5, 5.41) is 0. The Kier molecular flexibility index (Phi) is 3.29. The van der Waals surface area contributed by atoms with Gasteiger partial charge in [0.2, 0.25) is 5.90 Å². The van der Waals surface area contributed by atoms with E-state index < -0.39 is 5.54 Å². The summed E-state index contributed by atoms with van der Waals surface area (Å²) in [6.45, 7) is 0. The van der Waals surface area contributed by atoms with Gasteiger partial charge >= 0.3 is 5.97 Å². The van der Waals surface area contributed by atoms with Crippen molar-refractivity contribution in [2.45, 2.75) is 17.9 Å². The van der Waals surface area contributed by atoms with Gasteiger partial charge in [0.05, 0.1) is 7.11 Å². The number of aliphatic imine (C=N–C) groups is 1. The molecule has 0 radical (unpaired) electrons. The maximum atomic E-state index is 13.1. The zero-order valence-corrected chi connectivity index (χ0v) is 14.5. The first kappa shape index (κ1) is 15.4. The van der Waals surface area contributed by atoms with E-state index in [1.807, 2.05) is 54.6 Å². The van der Waals surface area contributed by atoms with Gasteiger partial charge in [0.15, 0.2) is 5.54 Å². The fourth-order valence-corrected chi connectivity index (χ4v) is 4.79. The van der Waals surface area contributed by atoms with Crippen molar-refractivity contribution < 1.29 is 14.3 Å². The fraction of sp³-hybridized carbons (Fsp3) is 0.273. The van der Waals surface area contributed by atoms with E-state index in [1.165, 1.54) is 0 Å². The molecule has 1 aliphatic heterocycles. The topological polar surface area (TPSA) is 47.9 Å². The number of benzene rings is 2. The Labute approximate surface area is 152 Å². The van der Waals surface area contributed by atoms with Crippen LogP contribution < -0.4 is 4.74 Å². The van der Waals surface area contributed by atoms with Gasteiger partial charge in [-0.3, -0.25) is 0 Å². The third-order valence-electron chi connectivity index (χ3n) is 5.88. The highest BCUT2D eigenvalue weighted by atomic mass is 16.6. The van der Waals surface area contributed by atoms with Gasteiger partial charge < -0.3 is 9.47 Å². The van der Waals surface area contributed by atoms with Crippen molar-refractivity contribution in [1.82, 2.24) is 0 Å². The van der Waals surface area contributed by atoms with Gasteiger partial charge in [-0.1, -0.05) is 48.6 Å². The lowest BCUT2D eigenvalue weighted by Gasteiger charge is -2.33. The van der Waals surface area contributed by atoms with Crippen LogP contribution >= 0.6 is 0 Å². The van der Waals surface area contributed by atoms with Gasteiger partial charge in [-0.2, -0.15) is 0 Å². The first-order valence-corrected chi connectivity index (χ1v) is 8.93. The standard InChI is InChI=1S/C22H19NO3/c1-25-18-10-6-5-9-17(18)19-15-11-12-16(13-15)22(19)21(24)26-20(23-22)14-7-3-2-4-8-14/h2-12,15-16,19H,13H2,1H3/t15-,16+,19-,22-/m0/s1. The monoisotopic (exact) mass is 345 g/mol. The van der Waals surface area contributed by atoms with Crippen molar-refractivity contribution in [2.24, 2.45) is 16.8 Å². The molecule has 130 valence electrons. The summed E-state index contributed by atoms with van der Waals surface area (Å²) < 4.78 is 11.3. The minimum Gasteiger partial charge on any atom is -0.496 e. The molecular formula is C22H19NO3. The average molecular weight is 345 g/mol. The normalized spacial score (nSPS) is 31.3. The molecule has 3 aliphatic rings. The number of methoxy groups -OCH3 is 1. The second-order valence-corrected chi connectivity index (χ2v) is 7.11. The van der Waals surface area contributed by atoms with Gasteiger partial charge in [-0.15, -0.1) is 0 Å². The van der Waals surface area contributed by atoms with E-state index in [2.05, 4.69) is 12.2 Å². The number of carbonyl (C=O) groups excluding carboxylic acids is 1. The first-order chi connectivity index (χ1) is 12.7. The number of allylic oxidation sites excluding steroid dienone is 1. The molecule has 1 saturated carbocycles. The van der Waals surface area contributed by atoms with Crippen LogP contribution in [0, 0.1) is 11.8 Å². The van der Waals surface area contributed by atoms with Crippen molar-refractivity contribution >= 4 is 11.9 Å². The zero-order chi connectivity index (χ0) is 17.7. The molecule has 4 heteroatoms. The number of ether oxygens (including phenoxy) is 2. The van der Waals surface area contributed by atoms with E-state index >= 15 is 0 Å². The van der Waals surface area contributed by atoms with Crippen LogP contribution in [0.25, 0.3) is 0 Å². The van der Waals surface area contributed by atoms with Crippen molar-refractivity contribution in [1.29, 1.82) is 0 Å². The lowest BCUT2D eigenvalue weighted by molar-refractivity contribution is -0.140. The Hall–Kier alpha value is -2.88. The van der Waals surface area contributed by atoms with E-state index in [1.54, 1.807) is 7.11 Å². The maximum Gasteiger partial charge on any atom is 0.342 e. The molecule has 4 atom stereocenters. The Balaban J connectivity index is 1.68. The molecule has 2 aromatic carbocycles. The average Bonchev–Trinajstić information content (AvgIpc) is 3.37. The number of fused-ring (bicyclic) bond motifs is 3. The van der Waals surface area contributed by atoms with E-state index in [0.717, 1.165) is 23.3 Å². The second kappa shape index (κ2) is 5.56. The Morgan fingerprint density at radius 2 is 1.85 bits per heavy atom. The second-order valence-electron chi connectivity index (χ2n) is 7.11. The Morgan fingerprint density at radius 3 is 2.65 bits per heavy atom. The summed E-state index contributed by atoms with van der Waals surface area (Å²) in [6.07, 6.45) is 5.27. The van der Waals surface area contributed by atoms with Gasteiger partial charge in [0, 0.05) is 23.0 Å². The molecule has 2 aromatic rings. The highest BCUT2D eigenvalue weighted by Crippen LogP contribution is 2.60. The van der Waals surface area contributed by atoms with Crippen LogP contribution in [0.15, 0.2) is 71.7 Å². The minimum atomic E-state index is -0.890. The third-order valence-corrected chi connectivity index (χ3v) is 5.88. The van der Waals surface area contributed by atoms with Crippen LogP contribution in [0.2, 0.25) is 0 Å². The number of esters is 1. The molecule has 0 saturated heterocycles. The summed E-state index contributed by atoms with van der Waals surface area (Å²) in [7, 11) is 1.67. The molecule has 0 unspecified atom stereocenters. The molecule has 5 rings (SSSR count). The van der Waals surface area contributed by atoms with Crippen LogP contribution in [0.1, 0.15) is 23.5 Å². The van der Waals surface area contributed by atoms with Crippen LogP contribution in [0.5, 0.6) is 5.75 Å². The lowest BCUT2D eigenvalue weighted by Crippen LogP contribution is -2.44. The van der Waals surface area contributed by atoms with Crippen LogP contribution in [0.3, 0.4) is 0 Å². The molecule has 26 heavy (non-hydrogen) atoms. The van der Waals surface area contributed by atoms with Gasteiger partial charge in [-0.25, -0.2) is 9.79 Å². The molecule has 2 bridgehead atoms. The summed E-state index contributed by atoms with van der Waals surface area (Å²) in [4.78, 5) is 18.1. The van der Waals surface area contributed by atoms with Crippen LogP contribution in [-0.2, 0) is 9.53 Å². The molecule has 1 spiro atoms. The lowest BCUT2D eigenvalue weighted by atomic mass is 9.72. The summed E-state index contributed by atoms with van der Waals surface area (Å²) >= 11 is 0. The highest BCUT2D eigenvalue weighted by Gasteiger charge is 2.65. The Morgan fingerprint density at radius 1 is 1.08 bits per heavy atom. The summed E-state index contributed by atoms with van der Waals surface area (Å²) in [5.74, 6) is 1.25.